The largest absolute Gasteiger partial charge is 0.394 e. The van der Waals surface area contributed by atoms with Crippen LogP contribution >= 0.6 is 27.3 Å². The standard InChI is InChI=1S/C8H12BrNOS/c1-5-3-6(9)7(12-5)8(2,10)4-11/h3,11H,4,10H2,1-2H3. The monoisotopic (exact) mass is 249 g/mol. The van der Waals surface area contributed by atoms with E-state index in [1.54, 1.807) is 11.3 Å². The highest BCUT2D eigenvalue weighted by Gasteiger charge is 2.24. The quantitative estimate of drug-likeness (QED) is 0.843. The number of nitrogens with two attached hydrogens (primary N) is 1. The molecule has 1 aromatic heterocycles. The average Bonchev–Trinajstić information content (AvgIpc) is 2.31. The van der Waals surface area contributed by atoms with Gasteiger partial charge in [0.25, 0.3) is 0 Å². The van der Waals surface area contributed by atoms with Gasteiger partial charge in [-0.2, -0.15) is 0 Å². The smallest absolute Gasteiger partial charge is 0.0720 e. The van der Waals surface area contributed by atoms with E-state index in [0.29, 0.717) is 0 Å². The van der Waals surface area contributed by atoms with Gasteiger partial charge in [0.2, 0.25) is 0 Å². The summed E-state index contributed by atoms with van der Waals surface area (Å²) in [6.07, 6.45) is 0. The maximum Gasteiger partial charge on any atom is 0.0720 e. The molecule has 68 valence electrons. The van der Waals surface area contributed by atoms with Gasteiger partial charge in [-0.25, -0.2) is 0 Å². The molecule has 4 heteroatoms. The van der Waals surface area contributed by atoms with Crippen molar-refractivity contribution in [2.45, 2.75) is 19.4 Å². The van der Waals surface area contributed by atoms with Gasteiger partial charge in [0.15, 0.2) is 0 Å². The fourth-order valence-electron chi connectivity index (χ4n) is 0.944. The van der Waals surface area contributed by atoms with Crippen LogP contribution in [0.5, 0.6) is 0 Å². The summed E-state index contributed by atoms with van der Waals surface area (Å²) < 4.78 is 0.990. The van der Waals surface area contributed by atoms with Crippen LogP contribution in [0.15, 0.2) is 10.5 Å². The maximum absolute atomic E-state index is 9.04. The number of halogens is 1. The Morgan fingerprint density at radius 2 is 2.33 bits per heavy atom. The van der Waals surface area contributed by atoms with E-state index in [4.69, 9.17) is 10.8 Å². The molecule has 1 atom stereocenters. The summed E-state index contributed by atoms with van der Waals surface area (Å²) in [5.74, 6) is 0. The van der Waals surface area contributed by atoms with Gasteiger partial charge in [-0.05, 0) is 35.8 Å². The first-order valence-corrected chi connectivity index (χ1v) is 5.24. The molecule has 0 aliphatic heterocycles. The minimum atomic E-state index is -0.627. The van der Waals surface area contributed by atoms with E-state index in [2.05, 4.69) is 15.9 Å². The van der Waals surface area contributed by atoms with Crippen molar-refractivity contribution >= 4 is 27.3 Å². The molecule has 1 unspecified atom stereocenters. The summed E-state index contributed by atoms with van der Waals surface area (Å²) in [6.45, 7) is 3.81. The van der Waals surface area contributed by atoms with Gasteiger partial charge in [-0.15, -0.1) is 11.3 Å². The fourth-order valence-corrected chi connectivity index (χ4v) is 3.09. The second kappa shape index (κ2) is 3.46. The van der Waals surface area contributed by atoms with Crippen molar-refractivity contribution in [2.24, 2.45) is 5.73 Å². The Labute approximate surface area is 84.5 Å². The number of aliphatic hydroxyl groups excluding tert-OH is 1. The second-order valence-corrected chi connectivity index (χ2v) is 5.22. The van der Waals surface area contributed by atoms with E-state index in [1.807, 2.05) is 19.9 Å². The molecular formula is C8H12BrNOS. The predicted octanol–water partition coefficient (Wildman–Crippen LogP) is 1.99. The highest BCUT2D eigenvalue weighted by Crippen LogP contribution is 2.33. The minimum absolute atomic E-state index is 0.0362. The molecule has 0 aromatic carbocycles. The molecule has 0 aliphatic carbocycles. The first-order valence-electron chi connectivity index (χ1n) is 3.63. The molecule has 0 saturated heterocycles. The SMILES string of the molecule is Cc1cc(Br)c(C(C)(N)CO)s1. The van der Waals surface area contributed by atoms with Crippen LogP contribution in [0, 0.1) is 6.92 Å². The van der Waals surface area contributed by atoms with Crippen molar-refractivity contribution in [1.82, 2.24) is 0 Å². The van der Waals surface area contributed by atoms with E-state index in [-0.39, 0.29) is 6.61 Å². The molecule has 1 aromatic rings. The third-order valence-corrected chi connectivity index (χ3v) is 3.88. The Bertz CT molecular complexity index is 283. The van der Waals surface area contributed by atoms with Crippen LogP contribution in [0.4, 0.5) is 0 Å². The third kappa shape index (κ3) is 1.88. The van der Waals surface area contributed by atoms with Crippen LogP contribution in [0.2, 0.25) is 0 Å². The summed E-state index contributed by atoms with van der Waals surface area (Å²) in [7, 11) is 0. The Hall–Kier alpha value is 0.1000. The zero-order valence-corrected chi connectivity index (χ0v) is 9.50. The molecule has 0 fully saturated rings. The lowest BCUT2D eigenvalue weighted by Crippen LogP contribution is -2.36. The van der Waals surface area contributed by atoms with Crippen LogP contribution < -0.4 is 5.73 Å². The molecule has 12 heavy (non-hydrogen) atoms. The summed E-state index contributed by atoms with van der Waals surface area (Å²) in [5, 5.41) is 9.04. The Morgan fingerprint density at radius 1 is 1.75 bits per heavy atom. The van der Waals surface area contributed by atoms with Gasteiger partial charge < -0.3 is 10.8 Å². The third-order valence-electron chi connectivity index (χ3n) is 1.66. The van der Waals surface area contributed by atoms with Crippen molar-refractivity contribution in [3.8, 4) is 0 Å². The first kappa shape index (κ1) is 10.2. The van der Waals surface area contributed by atoms with E-state index < -0.39 is 5.54 Å². The molecule has 0 saturated carbocycles. The van der Waals surface area contributed by atoms with Gasteiger partial charge in [0.1, 0.15) is 0 Å². The number of rotatable bonds is 2. The zero-order valence-electron chi connectivity index (χ0n) is 7.10. The van der Waals surface area contributed by atoms with E-state index in [1.165, 1.54) is 4.88 Å². The van der Waals surface area contributed by atoms with Crippen LogP contribution in [0.1, 0.15) is 16.7 Å². The van der Waals surface area contributed by atoms with Gasteiger partial charge >= 0.3 is 0 Å². The van der Waals surface area contributed by atoms with E-state index in [0.717, 1.165) is 9.35 Å². The molecular weight excluding hydrogens is 238 g/mol. The summed E-state index contributed by atoms with van der Waals surface area (Å²) in [6, 6.07) is 2.01. The maximum atomic E-state index is 9.04. The zero-order chi connectivity index (χ0) is 9.35. The molecule has 2 nitrogen and oxygen atoms in total. The van der Waals surface area contributed by atoms with Crippen molar-refractivity contribution < 1.29 is 5.11 Å². The van der Waals surface area contributed by atoms with E-state index >= 15 is 0 Å². The van der Waals surface area contributed by atoms with Gasteiger partial charge in [-0.1, -0.05) is 0 Å². The van der Waals surface area contributed by atoms with Crippen LogP contribution in [0.3, 0.4) is 0 Å². The predicted molar refractivity (Wildman–Crippen MR) is 55.4 cm³/mol. The molecule has 0 spiro atoms. The Balaban J connectivity index is 3.09. The van der Waals surface area contributed by atoms with Crippen molar-refractivity contribution in [3.63, 3.8) is 0 Å². The Morgan fingerprint density at radius 3 is 2.67 bits per heavy atom. The summed E-state index contributed by atoms with van der Waals surface area (Å²) in [4.78, 5) is 2.20. The van der Waals surface area contributed by atoms with E-state index in [9.17, 15) is 0 Å². The minimum Gasteiger partial charge on any atom is -0.394 e. The molecule has 3 N–H and O–H groups in total. The van der Waals surface area contributed by atoms with Crippen LogP contribution in [-0.4, -0.2) is 11.7 Å². The first-order chi connectivity index (χ1) is 5.47. The summed E-state index contributed by atoms with van der Waals surface area (Å²) in [5.41, 5.74) is 5.25. The lowest BCUT2D eigenvalue weighted by Gasteiger charge is -2.20. The van der Waals surface area contributed by atoms with Crippen molar-refractivity contribution in [2.75, 3.05) is 6.61 Å². The normalized spacial score (nSPS) is 16.1. The lowest BCUT2D eigenvalue weighted by atomic mass is 10.0. The number of aliphatic hydroxyl groups is 1. The van der Waals surface area contributed by atoms with Crippen LogP contribution in [0.25, 0.3) is 0 Å². The molecule has 0 bridgehead atoms. The van der Waals surface area contributed by atoms with Gasteiger partial charge in [-0.3, -0.25) is 0 Å². The van der Waals surface area contributed by atoms with Crippen molar-refractivity contribution in [3.05, 3.63) is 20.3 Å². The van der Waals surface area contributed by atoms with Crippen LogP contribution in [-0.2, 0) is 5.54 Å². The molecule has 1 rings (SSSR count). The number of hydrogen-bond donors (Lipinski definition) is 2. The summed E-state index contributed by atoms with van der Waals surface area (Å²) >= 11 is 5.03. The molecule has 0 aliphatic rings. The molecule has 1 heterocycles. The number of hydrogen-bond acceptors (Lipinski definition) is 3. The second-order valence-electron chi connectivity index (χ2n) is 3.11. The highest BCUT2D eigenvalue weighted by atomic mass is 79.9. The highest BCUT2D eigenvalue weighted by molar-refractivity contribution is 9.10. The van der Waals surface area contributed by atoms with Gasteiger partial charge in [0, 0.05) is 14.2 Å². The van der Waals surface area contributed by atoms with Crippen molar-refractivity contribution in [1.29, 1.82) is 0 Å². The number of thiophene rings is 1. The number of aryl methyl sites for hydroxylation is 1. The molecule has 0 radical (unpaired) electrons. The fraction of sp³-hybridized carbons (Fsp3) is 0.500. The average molecular weight is 250 g/mol. The van der Waals surface area contributed by atoms with Gasteiger partial charge in [0.05, 0.1) is 12.1 Å². The Kier molecular flexibility index (Phi) is 2.93. The lowest BCUT2D eigenvalue weighted by molar-refractivity contribution is 0.212. The molecule has 0 amide bonds. The topological polar surface area (TPSA) is 46.2 Å².